The van der Waals surface area contributed by atoms with E-state index >= 15 is 0 Å². The van der Waals surface area contributed by atoms with E-state index < -0.39 is 40.9 Å². The molecule has 0 fully saturated rings. The van der Waals surface area contributed by atoms with Crippen molar-refractivity contribution in [1.29, 1.82) is 0 Å². The number of aromatic nitrogens is 2. The van der Waals surface area contributed by atoms with Crippen molar-refractivity contribution < 1.29 is 33.0 Å². The van der Waals surface area contributed by atoms with E-state index in [0.717, 1.165) is 10.7 Å². The molecule has 0 saturated heterocycles. The van der Waals surface area contributed by atoms with Crippen LogP contribution in [-0.4, -0.2) is 44.9 Å². The van der Waals surface area contributed by atoms with Gasteiger partial charge in [0.1, 0.15) is 22.6 Å². The van der Waals surface area contributed by atoms with Crippen molar-refractivity contribution in [2.24, 2.45) is 0 Å². The molecule has 34 heavy (non-hydrogen) atoms. The highest BCUT2D eigenvalue weighted by Crippen LogP contribution is 2.32. The highest BCUT2D eigenvalue weighted by Gasteiger charge is 2.37. The van der Waals surface area contributed by atoms with E-state index in [1.165, 1.54) is 6.07 Å². The summed E-state index contributed by atoms with van der Waals surface area (Å²) in [5, 5.41) is 4.47. The molecule has 0 aliphatic carbocycles. The topological polar surface area (TPSA) is 100.0 Å². The van der Waals surface area contributed by atoms with Crippen LogP contribution in [0, 0.1) is 5.82 Å². The van der Waals surface area contributed by atoms with Gasteiger partial charge >= 0.3 is 18.3 Å². The van der Waals surface area contributed by atoms with Crippen molar-refractivity contribution in [3.05, 3.63) is 23.5 Å². The molecule has 0 radical (unpaired) electrons. The van der Waals surface area contributed by atoms with Gasteiger partial charge in [-0.25, -0.2) is 18.8 Å². The maximum atomic E-state index is 14.7. The van der Waals surface area contributed by atoms with E-state index in [9.17, 15) is 18.8 Å². The molecule has 0 saturated carbocycles. The number of benzene rings is 1. The van der Waals surface area contributed by atoms with E-state index in [-0.39, 0.29) is 27.6 Å². The zero-order valence-corrected chi connectivity index (χ0v) is 22.5. The average Bonchev–Trinajstić information content (AvgIpc) is 2.94. The molecule has 2 rings (SSSR count). The predicted octanol–water partition coefficient (Wildman–Crippen LogP) is 6.53. The molecule has 11 heteroatoms. The van der Waals surface area contributed by atoms with Crippen molar-refractivity contribution in [2.45, 2.75) is 84.4 Å². The van der Waals surface area contributed by atoms with Gasteiger partial charge in [0.15, 0.2) is 5.82 Å². The number of nitrogens with zero attached hydrogens (tertiary/aromatic N) is 3. The number of rotatable bonds is 2. The first-order valence-electron chi connectivity index (χ1n) is 10.6. The van der Waals surface area contributed by atoms with Crippen molar-refractivity contribution in [1.82, 2.24) is 9.78 Å². The standard InChI is InChI=1S/C23H31BrFN3O6/c1-21(2,3)32-18(29)27(19(30)33-22(4,5)6)17-14-10-13(12-24)15(25)11-16(14)28(26-17)20(31)34-23(7,8)9/h10-11H,12H2,1-9H3. The van der Waals surface area contributed by atoms with E-state index in [4.69, 9.17) is 14.2 Å². The minimum Gasteiger partial charge on any atom is -0.443 e. The molecular weight excluding hydrogens is 513 g/mol. The van der Waals surface area contributed by atoms with Crippen LogP contribution >= 0.6 is 15.9 Å². The van der Waals surface area contributed by atoms with Gasteiger partial charge in [0.05, 0.1) is 5.52 Å². The molecule has 0 aliphatic heterocycles. The van der Waals surface area contributed by atoms with Gasteiger partial charge in [-0.1, -0.05) is 15.9 Å². The van der Waals surface area contributed by atoms with Crippen LogP contribution < -0.4 is 4.90 Å². The predicted molar refractivity (Wildman–Crippen MR) is 129 cm³/mol. The number of anilines is 1. The first kappa shape index (κ1) is 27.6. The van der Waals surface area contributed by atoms with Crippen molar-refractivity contribution >= 4 is 50.9 Å². The van der Waals surface area contributed by atoms with Crippen LogP contribution in [0.1, 0.15) is 67.9 Å². The van der Waals surface area contributed by atoms with Crippen LogP contribution in [0.4, 0.5) is 24.6 Å². The van der Waals surface area contributed by atoms with Crippen molar-refractivity contribution in [3.63, 3.8) is 0 Å². The lowest BCUT2D eigenvalue weighted by Gasteiger charge is -2.27. The fraction of sp³-hybridized carbons (Fsp3) is 0.565. The summed E-state index contributed by atoms with van der Waals surface area (Å²) in [6, 6.07) is 2.49. The number of hydrogen-bond acceptors (Lipinski definition) is 7. The third-order valence-electron chi connectivity index (χ3n) is 3.90. The molecule has 2 aromatic rings. The summed E-state index contributed by atoms with van der Waals surface area (Å²) in [6.45, 7) is 14.8. The van der Waals surface area contributed by atoms with Gasteiger partial charge in [-0.3, -0.25) is 0 Å². The molecule has 1 heterocycles. The van der Waals surface area contributed by atoms with E-state index in [1.54, 1.807) is 62.3 Å². The Hall–Kier alpha value is -2.69. The number of alkyl halides is 1. The Bertz CT molecular complexity index is 1080. The number of amides is 2. The first-order valence-corrected chi connectivity index (χ1v) is 11.7. The van der Waals surface area contributed by atoms with E-state index in [2.05, 4.69) is 21.0 Å². The number of fused-ring (bicyclic) bond motifs is 1. The first-order chi connectivity index (χ1) is 15.3. The van der Waals surface area contributed by atoms with E-state index in [0.29, 0.717) is 4.90 Å². The number of imide groups is 1. The Labute approximate surface area is 206 Å². The van der Waals surface area contributed by atoms with Crippen molar-refractivity contribution in [2.75, 3.05) is 4.90 Å². The maximum absolute atomic E-state index is 14.7. The number of carbonyl (C=O) groups excluding carboxylic acids is 3. The van der Waals surface area contributed by atoms with Crippen LogP contribution in [0.25, 0.3) is 10.9 Å². The number of halogens is 2. The molecule has 0 unspecified atom stereocenters. The maximum Gasteiger partial charge on any atom is 0.435 e. The second-order valence-electron chi connectivity index (χ2n) is 10.6. The smallest absolute Gasteiger partial charge is 0.435 e. The van der Waals surface area contributed by atoms with Gasteiger partial charge in [0.2, 0.25) is 0 Å². The summed E-state index contributed by atoms with van der Waals surface area (Å²) >= 11 is 3.21. The fourth-order valence-corrected chi connectivity index (χ4v) is 3.17. The third kappa shape index (κ3) is 6.91. The molecular formula is C23H31BrFN3O6. The summed E-state index contributed by atoms with van der Waals surface area (Å²) in [6.07, 6.45) is -3.05. The van der Waals surface area contributed by atoms with Gasteiger partial charge in [0, 0.05) is 16.8 Å². The summed E-state index contributed by atoms with van der Waals surface area (Å²) in [4.78, 5) is 39.7. The Balaban J connectivity index is 2.81. The van der Waals surface area contributed by atoms with Gasteiger partial charge in [0.25, 0.3) is 0 Å². The molecule has 1 aromatic heterocycles. The van der Waals surface area contributed by atoms with Gasteiger partial charge in [-0.15, -0.1) is 5.10 Å². The zero-order valence-electron chi connectivity index (χ0n) is 20.9. The number of carbonyl (C=O) groups is 3. The largest absolute Gasteiger partial charge is 0.443 e. The lowest BCUT2D eigenvalue weighted by Crippen LogP contribution is -2.44. The molecule has 0 bridgehead atoms. The molecule has 0 N–H and O–H groups in total. The number of hydrogen-bond donors (Lipinski definition) is 0. The highest BCUT2D eigenvalue weighted by atomic mass is 79.9. The lowest BCUT2D eigenvalue weighted by molar-refractivity contribution is 0.0421. The molecule has 0 spiro atoms. The summed E-state index contributed by atoms with van der Waals surface area (Å²) in [5.74, 6) is -0.867. The van der Waals surface area contributed by atoms with Gasteiger partial charge < -0.3 is 14.2 Å². The Morgan fingerprint density at radius 1 is 0.912 bits per heavy atom. The van der Waals surface area contributed by atoms with Crippen molar-refractivity contribution in [3.8, 4) is 0 Å². The number of ether oxygens (including phenoxy) is 3. The summed E-state index contributed by atoms with van der Waals surface area (Å²) < 4.78 is 31.7. The minimum atomic E-state index is -1.07. The normalized spacial score (nSPS) is 12.4. The van der Waals surface area contributed by atoms with Crippen LogP contribution in [0.5, 0.6) is 0 Å². The monoisotopic (exact) mass is 543 g/mol. The van der Waals surface area contributed by atoms with Crippen LogP contribution in [0.3, 0.4) is 0 Å². The van der Waals surface area contributed by atoms with Crippen LogP contribution in [-0.2, 0) is 19.5 Å². The Morgan fingerprint density at radius 2 is 1.38 bits per heavy atom. The zero-order chi connectivity index (χ0) is 26.2. The fourth-order valence-electron chi connectivity index (χ4n) is 2.74. The molecule has 1 aromatic carbocycles. The third-order valence-corrected chi connectivity index (χ3v) is 4.51. The van der Waals surface area contributed by atoms with Crippen LogP contribution in [0.15, 0.2) is 12.1 Å². The molecule has 9 nitrogen and oxygen atoms in total. The Morgan fingerprint density at radius 3 is 1.79 bits per heavy atom. The second-order valence-corrected chi connectivity index (χ2v) is 11.2. The quantitative estimate of drug-likeness (QED) is 0.313. The minimum absolute atomic E-state index is 0.00330. The summed E-state index contributed by atoms with van der Waals surface area (Å²) in [7, 11) is 0. The van der Waals surface area contributed by atoms with Crippen LogP contribution in [0.2, 0.25) is 0 Å². The lowest BCUT2D eigenvalue weighted by atomic mass is 10.1. The Kier molecular flexibility index (Phi) is 7.71. The van der Waals surface area contributed by atoms with E-state index in [1.807, 2.05) is 0 Å². The SMILES string of the molecule is CC(C)(C)OC(=O)N(C(=O)OC(C)(C)C)c1nn(C(=O)OC(C)(C)C)c2cc(F)c(CBr)cc12. The molecule has 0 aliphatic rings. The molecule has 2 amide bonds. The van der Waals surface area contributed by atoms with Gasteiger partial charge in [-0.2, -0.15) is 9.58 Å². The summed E-state index contributed by atoms with van der Waals surface area (Å²) in [5.41, 5.74) is -2.54. The molecule has 188 valence electrons. The molecule has 0 atom stereocenters. The average molecular weight is 544 g/mol. The van der Waals surface area contributed by atoms with Gasteiger partial charge in [-0.05, 0) is 73.9 Å². The second kappa shape index (κ2) is 9.52. The highest BCUT2D eigenvalue weighted by molar-refractivity contribution is 9.08.